The van der Waals surface area contributed by atoms with E-state index in [-0.39, 0.29) is 22.0 Å². The number of benzene rings is 5. The molecule has 480 valence electrons. The summed E-state index contributed by atoms with van der Waals surface area (Å²) in [6.45, 7) is 0. The molecular weight excluding hydrogens is 1390 g/mol. The fourth-order valence-corrected chi connectivity index (χ4v) is 12.5. The van der Waals surface area contributed by atoms with Crippen molar-refractivity contribution in [1.82, 2.24) is 0 Å². The van der Waals surface area contributed by atoms with Crippen molar-refractivity contribution >= 4 is 69.2 Å². The molecule has 0 unspecified atom stereocenters. The van der Waals surface area contributed by atoms with Crippen LogP contribution in [-0.4, -0.2) is 64.4 Å². The fourth-order valence-electron chi connectivity index (χ4n) is 5.21. The van der Waals surface area contributed by atoms with Crippen LogP contribution in [0.25, 0.3) is 20.2 Å². The summed E-state index contributed by atoms with van der Waals surface area (Å²) < 4.78 is 264. The van der Waals surface area contributed by atoms with Crippen molar-refractivity contribution < 1.29 is 111 Å². The summed E-state index contributed by atoms with van der Waals surface area (Å²) in [4.78, 5) is 19.2. The first-order chi connectivity index (χ1) is 42.5. The molecule has 0 aliphatic carbocycles. The second-order valence-corrected chi connectivity index (χ2v) is 25.9. The second kappa shape index (κ2) is 36.3. The van der Waals surface area contributed by atoms with E-state index in [0.717, 1.165) is 30.0 Å². The quantitative estimate of drug-likeness (QED) is 0.0563. The van der Waals surface area contributed by atoms with Gasteiger partial charge in [0.2, 0.25) is 0 Å². The maximum atomic E-state index is 13.1. The van der Waals surface area contributed by atoms with Crippen LogP contribution in [0.3, 0.4) is 0 Å². The third-order valence-corrected chi connectivity index (χ3v) is 18.3. The molecule has 1 nitrogen and oxygen atoms in total. The molecule has 0 spiro atoms. The molecule has 92 heavy (non-hydrogen) atoms. The number of halogens is 24. The van der Waals surface area contributed by atoms with Crippen molar-refractivity contribution in [3.8, 4) is 138 Å². The van der Waals surface area contributed by atoms with Crippen molar-refractivity contribution in [2.24, 2.45) is 0 Å². The van der Waals surface area contributed by atoms with E-state index in [2.05, 4.69) is 210 Å². The molecule has 0 saturated heterocycles. The van der Waals surface area contributed by atoms with E-state index in [4.69, 9.17) is 25.7 Å². The van der Waals surface area contributed by atoms with Gasteiger partial charge in [-0.2, -0.15) is 105 Å². The van der Waals surface area contributed by atoms with E-state index in [1.54, 1.807) is 23.1 Å². The Balaban J connectivity index is -0.000000603. The van der Waals surface area contributed by atoms with Gasteiger partial charge < -0.3 is 0 Å². The minimum Gasteiger partial charge on any atom is -0.289 e. The number of rotatable bonds is 5. The maximum absolute atomic E-state index is 13.1. The van der Waals surface area contributed by atoms with E-state index in [1.165, 1.54) is 14.7 Å². The summed E-state index contributed by atoms with van der Waals surface area (Å²) in [5.41, 5.74) is 0.113. The molecule has 1 aromatic heterocycles. The van der Waals surface area contributed by atoms with Crippen LogP contribution in [0.4, 0.5) is 105 Å². The summed E-state index contributed by atoms with van der Waals surface area (Å²) in [6.07, 6.45) is -28.3. The Labute approximate surface area is 527 Å². The Bertz CT molecular complexity index is 3890. The molecule has 0 aliphatic rings. The van der Waals surface area contributed by atoms with Gasteiger partial charge in [-0.3, -0.25) is 4.79 Å². The molecule has 0 amide bonds. The normalized spacial score (nSPS) is 10.7. The van der Waals surface area contributed by atoms with Crippen LogP contribution >= 0.6 is 23.1 Å². The van der Waals surface area contributed by atoms with Gasteiger partial charge in [0, 0.05) is 35.7 Å². The number of alkyl halides is 24. The average Bonchev–Trinajstić information content (AvgIpc) is 0.784. The van der Waals surface area contributed by atoms with E-state index in [0.29, 0.717) is 0 Å². The Hall–Kier alpha value is -9.63. The molecule has 0 bridgehead atoms. The van der Waals surface area contributed by atoms with E-state index >= 15 is 0 Å². The number of hydrogen-bond donors (Lipinski definition) is 0. The summed E-state index contributed by atoms with van der Waals surface area (Å²) >= 11 is -0.537. The van der Waals surface area contributed by atoms with Crippen LogP contribution in [0.2, 0.25) is 0 Å². The predicted octanol–water partition coefficient (Wildman–Crippen LogP) is 18.2. The molecule has 0 aliphatic heterocycles. The zero-order chi connectivity index (χ0) is 70.3. The molecule has 0 atom stereocenters. The zero-order valence-electron chi connectivity index (χ0n) is 44.7. The third-order valence-electron chi connectivity index (χ3n) is 9.03. The molecule has 6 aromatic rings. The Kier molecular flexibility index (Phi) is 31.7. The van der Waals surface area contributed by atoms with Gasteiger partial charge >= 0.3 is 203 Å². The molecule has 6 rings (SSSR count). The minimum atomic E-state index is -6.06. The standard InChI is InChI=1S/C31H21OS3.4C6H.4C2F6.Ga.4H2/c32-31-27-13-7-8-14-29(27)34-30-20-17-23(21-28(30)31)33-22-15-18-26(19-16-22)35(24-9-3-1-4-10-24)25-11-5-2-6-12-25;4*1-3-5-6-4-2;4*3-1(4,5)2(6,7)8;;;;;/h1-21H;4*1H;;;;;;4*1H/q+1;;;;;;;;;-1;;;;. The summed E-state index contributed by atoms with van der Waals surface area (Å²) in [5, 5.41) is 1.59. The molecule has 5 aromatic carbocycles. The van der Waals surface area contributed by atoms with Crippen LogP contribution in [-0.2, 0) is 10.9 Å². The number of fused-ring (bicyclic) bond motifs is 2. The van der Waals surface area contributed by atoms with Gasteiger partial charge in [-0.15, -0.1) is 11.3 Å². The van der Waals surface area contributed by atoms with Gasteiger partial charge in [-0.05, 0) is 78.9 Å². The van der Waals surface area contributed by atoms with Gasteiger partial charge in [-0.1, -0.05) is 60.3 Å². The average molecular weight is 1430 g/mol. The first-order valence-corrected chi connectivity index (χ1v) is 30.9. The maximum Gasteiger partial charge on any atom is 0.487 e. The Morgan fingerprint density at radius 3 is 0.935 bits per heavy atom. The first kappa shape index (κ1) is 80.4. The van der Waals surface area contributed by atoms with Crippen LogP contribution in [0.1, 0.15) is 5.71 Å². The van der Waals surface area contributed by atoms with Crippen molar-refractivity contribution in [2.75, 3.05) is 0 Å². The molecule has 29 heteroatoms. The second-order valence-electron chi connectivity index (χ2n) is 15.6. The molecule has 0 N–H and O–H groups in total. The zero-order valence-corrected chi connectivity index (χ0v) is 49.6. The van der Waals surface area contributed by atoms with Gasteiger partial charge in [0.1, 0.15) is 0 Å². The van der Waals surface area contributed by atoms with Gasteiger partial charge in [0.15, 0.2) is 20.1 Å². The Morgan fingerprint density at radius 1 is 0.337 bits per heavy atom. The van der Waals surface area contributed by atoms with Crippen molar-refractivity contribution in [1.29, 1.82) is 0 Å². The van der Waals surface area contributed by atoms with Crippen LogP contribution in [0, 0.1) is 138 Å². The van der Waals surface area contributed by atoms with Gasteiger partial charge in [0.25, 0.3) is 0 Å². The predicted molar refractivity (Wildman–Crippen MR) is 311 cm³/mol. The molecule has 1 heterocycles. The summed E-state index contributed by atoms with van der Waals surface area (Å²) in [7, 11) is -0.154. The van der Waals surface area contributed by atoms with Crippen molar-refractivity contribution in [3.63, 3.8) is 0 Å². The topological polar surface area (TPSA) is 17.1 Å². The minimum absolute atomic E-state index is 0. The summed E-state index contributed by atoms with van der Waals surface area (Å²) in [5.74, 6) is 38.5. The first-order valence-electron chi connectivity index (χ1n) is 23.2. The number of hydrogen-bond acceptors (Lipinski definition) is 3. The molecule has 0 fully saturated rings. The van der Waals surface area contributed by atoms with Gasteiger partial charge in [0.05, 0.1) is 10.9 Å². The number of terminal acetylenes is 4. The largest absolute Gasteiger partial charge is 0.487 e. The van der Waals surface area contributed by atoms with E-state index in [9.17, 15) is 110 Å². The van der Waals surface area contributed by atoms with E-state index in [1.807, 2.05) is 30.3 Å². The van der Waals surface area contributed by atoms with Crippen molar-refractivity contribution in [3.05, 3.63) is 138 Å². The fraction of sp³-hybridized carbons (Fsp3) is 0.127. The monoisotopic (exact) mass is 1430 g/mol. The van der Waals surface area contributed by atoms with Crippen molar-refractivity contribution in [2.45, 2.75) is 73.9 Å². The van der Waals surface area contributed by atoms with Gasteiger partial charge in [-0.25, -0.2) is 0 Å². The molecule has 0 radical (unpaired) electrons. The summed E-state index contributed by atoms with van der Waals surface area (Å²) in [6, 6.07) is 44.3. The molecular formula is C63H33F24GaOS3. The van der Waals surface area contributed by atoms with E-state index < -0.39 is 64.4 Å². The van der Waals surface area contributed by atoms with Crippen LogP contribution < -0.4 is 5.43 Å². The Morgan fingerprint density at radius 2 is 0.620 bits per heavy atom. The SMILES string of the molecule is C#CC#CC#[C][Ga-]([C]#CC#CC#C)([C]#CC#CC#C)[C]#CC#CC#C.FC(F)(F)C(F)(F)F.FC(F)(F)C(F)(F)F.FC(F)(F)C(F)(F)F.FC(F)(F)C(F)(F)F.O=c1c2ccccc2sc2ccc(Sc3ccc([S+](c4ccccc4)c4ccccc4)cc3)cc12.[HH].[HH].[HH].[HH]. The third kappa shape index (κ3) is 28.9. The van der Waals surface area contributed by atoms with Crippen LogP contribution in [0.5, 0.6) is 0 Å². The smallest absolute Gasteiger partial charge is 0.289 e. The van der Waals surface area contributed by atoms with Crippen LogP contribution in [0.15, 0.2) is 157 Å². The molecule has 0 saturated carbocycles.